The molecule has 0 radical (unpaired) electrons. The lowest BCUT2D eigenvalue weighted by Crippen LogP contribution is -2.52. The van der Waals surface area contributed by atoms with Gasteiger partial charge in [-0.25, -0.2) is 5.84 Å². The smallest absolute Gasteiger partial charge is 0.257 e. The van der Waals surface area contributed by atoms with Crippen molar-refractivity contribution in [3.63, 3.8) is 0 Å². The van der Waals surface area contributed by atoms with E-state index in [1.54, 1.807) is 0 Å². The van der Waals surface area contributed by atoms with Crippen molar-refractivity contribution in [1.29, 1.82) is 0 Å². The topological polar surface area (TPSA) is 136 Å². The highest BCUT2D eigenvalue weighted by molar-refractivity contribution is 5.87. The first-order valence-electron chi connectivity index (χ1n) is 3.85. The Labute approximate surface area is 76.0 Å². The van der Waals surface area contributed by atoms with Crippen LogP contribution in [0.4, 0.5) is 0 Å². The van der Waals surface area contributed by atoms with E-state index in [1.807, 2.05) is 5.43 Å². The van der Waals surface area contributed by atoms with Crippen LogP contribution in [-0.2, 0) is 9.59 Å². The molecule has 0 spiro atoms. The van der Waals surface area contributed by atoms with E-state index in [4.69, 9.17) is 17.3 Å². The Balaban J connectivity index is 3.97. The highest BCUT2D eigenvalue weighted by atomic mass is 16.2. The van der Waals surface area contributed by atoms with E-state index in [0.29, 0.717) is 0 Å². The maximum atomic E-state index is 11.0. The van der Waals surface area contributed by atoms with Crippen LogP contribution in [0, 0.1) is 0 Å². The summed E-state index contributed by atoms with van der Waals surface area (Å²) in [6.45, 7) is 0.229. The summed E-state index contributed by atoms with van der Waals surface area (Å²) in [5.74, 6) is 4.03. The molecule has 0 bridgehead atoms. The Kier molecular flexibility index (Phi) is 5.77. The number of hydrazine groups is 1. The molecule has 0 aromatic rings. The van der Waals surface area contributed by atoms with E-state index in [0.717, 1.165) is 0 Å². The Morgan fingerprint density at radius 2 is 1.92 bits per heavy atom. The van der Waals surface area contributed by atoms with Gasteiger partial charge < -0.3 is 16.8 Å². The van der Waals surface area contributed by atoms with Gasteiger partial charge in [-0.1, -0.05) is 0 Å². The summed E-state index contributed by atoms with van der Waals surface area (Å²) >= 11 is 0. The van der Waals surface area contributed by atoms with E-state index in [1.165, 1.54) is 0 Å². The maximum Gasteiger partial charge on any atom is 0.257 e. The highest BCUT2D eigenvalue weighted by Crippen LogP contribution is 1.82. The molecule has 0 aliphatic carbocycles. The second-order valence-corrected chi connectivity index (χ2v) is 2.40. The Hall–Kier alpha value is -1.18. The van der Waals surface area contributed by atoms with E-state index in [2.05, 4.69) is 5.32 Å². The van der Waals surface area contributed by atoms with Crippen molar-refractivity contribution in [2.45, 2.75) is 12.5 Å². The first-order valence-corrected chi connectivity index (χ1v) is 3.85. The molecule has 0 aromatic heterocycles. The number of hydrogen-bond acceptors (Lipinski definition) is 5. The molecule has 1 atom stereocenters. The van der Waals surface area contributed by atoms with E-state index < -0.39 is 11.9 Å². The fourth-order valence-electron chi connectivity index (χ4n) is 0.730. The van der Waals surface area contributed by atoms with Crippen LogP contribution < -0.4 is 28.1 Å². The average Bonchev–Trinajstić information content (AvgIpc) is 2.13. The number of nitrogens with two attached hydrogens (primary N) is 3. The molecule has 8 N–H and O–H groups in total. The normalized spacial score (nSPS) is 11.9. The summed E-state index contributed by atoms with van der Waals surface area (Å²) in [5.41, 5.74) is 12.3. The Morgan fingerprint density at radius 1 is 1.31 bits per heavy atom. The lowest BCUT2D eigenvalue weighted by atomic mass is 10.2. The monoisotopic (exact) mass is 189 g/mol. The molecule has 0 fully saturated rings. The molecule has 0 aliphatic heterocycles. The summed E-state index contributed by atoms with van der Waals surface area (Å²) in [7, 11) is 0. The third kappa shape index (κ3) is 4.41. The van der Waals surface area contributed by atoms with Crippen LogP contribution in [0.15, 0.2) is 0 Å². The molecule has 0 heterocycles. The lowest BCUT2D eigenvalue weighted by molar-refractivity contribution is -0.128. The largest absolute Gasteiger partial charge is 0.343 e. The zero-order valence-electron chi connectivity index (χ0n) is 7.25. The van der Waals surface area contributed by atoms with Gasteiger partial charge in [-0.3, -0.25) is 15.0 Å². The van der Waals surface area contributed by atoms with Crippen LogP contribution in [0.2, 0.25) is 0 Å². The molecule has 0 saturated heterocycles. The molecule has 0 rings (SSSR count). The van der Waals surface area contributed by atoms with E-state index in [9.17, 15) is 9.59 Å². The van der Waals surface area contributed by atoms with Crippen LogP contribution in [0.1, 0.15) is 6.42 Å². The fraction of sp³-hybridized carbons (Fsp3) is 0.667. The summed E-state index contributed by atoms with van der Waals surface area (Å²) in [5, 5.41) is 2.38. The molecule has 0 aromatic carbocycles. The van der Waals surface area contributed by atoms with Gasteiger partial charge in [0.15, 0.2) is 0 Å². The molecule has 2 amide bonds. The van der Waals surface area contributed by atoms with Crippen molar-refractivity contribution >= 4 is 11.8 Å². The molecule has 0 aliphatic rings. The maximum absolute atomic E-state index is 11.0. The number of carbonyl (C=O) groups is 2. The van der Waals surface area contributed by atoms with Gasteiger partial charge in [0.2, 0.25) is 5.91 Å². The average molecular weight is 189 g/mol. The fourth-order valence-corrected chi connectivity index (χ4v) is 0.730. The summed E-state index contributed by atoms with van der Waals surface area (Å²) < 4.78 is 0. The van der Waals surface area contributed by atoms with E-state index >= 15 is 0 Å². The molecular formula is C6H15N5O2. The molecule has 7 heteroatoms. The van der Waals surface area contributed by atoms with Crippen molar-refractivity contribution in [1.82, 2.24) is 10.7 Å². The molecule has 13 heavy (non-hydrogen) atoms. The van der Waals surface area contributed by atoms with Crippen molar-refractivity contribution < 1.29 is 9.59 Å². The minimum absolute atomic E-state index is 0.000650. The first-order chi connectivity index (χ1) is 6.15. The standard InChI is InChI=1S/C6H15N5O2/c7-2-1-5(12)10-4(3-8)6(13)11-9/h4H,1-3,7-9H2,(H,10,12)(H,11,13)/t4-/m0/s1. The van der Waals surface area contributed by atoms with Gasteiger partial charge in [0, 0.05) is 19.5 Å². The summed E-state index contributed by atoms with van der Waals surface area (Å²) in [6, 6.07) is -0.788. The minimum atomic E-state index is -0.788. The quantitative estimate of drug-likeness (QED) is 0.176. The second-order valence-electron chi connectivity index (χ2n) is 2.40. The van der Waals surface area contributed by atoms with E-state index in [-0.39, 0.29) is 25.4 Å². The number of nitrogens with one attached hydrogen (secondary N) is 2. The predicted octanol–water partition coefficient (Wildman–Crippen LogP) is -3.23. The van der Waals surface area contributed by atoms with Crippen molar-refractivity contribution in [3.8, 4) is 0 Å². The summed E-state index contributed by atoms with van der Waals surface area (Å²) in [6.07, 6.45) is 0.161. The first kappa shape index (κ1) is 11.8. The number of carbonyl (C=O) groups excluding carboxylic acids is 2. The molecule has 0 unspecified atom stereocenters. The molecule has 7 nitrogen and oxygen atoms in total. The van der Waals surface area contributed by atoms with Crippen LogP contribution >= 0.6 is 0 Å². The van der Waals surface area contributed by atoms with Gasteiger partial charge in [-0.15, -0.1) is 0 Å². The third-order valence-electron chi connectivity index (χ3n) is 1.40. The van der Waals surface area contributed by atoms with Gasteiger partial charge >= 0.3 is 0 Å². The van der Waals surface area contributed by atoms with Gasteiger partial charge in [0.25, 0.3) is 5.91 Å². The lowest BCUT2D eigenvalue weighted by Gasteiger charge is -2.14. The predicted molar refractivity (Wildman–Crippen MR) is 47.0 cm³/mol. The minimum Gasteiger partial charge on any atom is -0.343 e. The van der Waals surface area contributed by atoms with Gasteiger partial charge in [-0.05, 0) is 0 Å². The third-order valence-corrected chi connectivity index (χ3v) is 1.40. The van der Waals surface area contributed by atoms with Crippen molar-refractivity contribution in [2.75, 3.05) is 13.1 Å². The zero-order chi connectivity index (χ0) is 10.3. The number of hydrogen-bond donors (Lipinski definition) is 5. The molecular weight excluding hydrogens is 174 g/mol. The van der Waals surface area contributed by atoms with Crippen LogP contribution in [-0.4, -0.2) is 30.9 Å². The number of amides is 2. The van der Waals surface area contributed by atoms with Gasteiger partial charge in [-0.2, -0.15) is 0 Å². The highest BCUT2D eigenvalue weighted by Gasteiger charge is 2.17. The molecule has 76 valence electrons. The van der Waals surface area contributed by atoms with Crippen LogP contribution in [0.5, 0.6) is 0 Å². The van der Waals surface area contributed by atoms with Crippen molar-refractivity contribution in [2.24, 2.45) is 17.3 Å². The van der Waals surface area contributed by atoms with Gasteiger partial charge in [0.1, 0.15) is 6.04 Å². The SMILES string of the molecule is NCCC(=O)N[C@@H](CN)C(=O)NN. The van der Waals surface area contributed by atoms with Crippen molar-refractivity contribution in [3.05, 3.63) is 0 Å². The van der Waals surface area contributed by atoms with Crippen LogP contribution in [0.25, 0.3) is 0 Å². The van der Waals surface area contributed by atoms with Crippen LogP contribution in [0.3, 0.4) is 0 Å². The Bertz CT molecular complexity index is 184. The second kappa shape index (κ2) is 6.35. The van der Waals surface area contributed by atoms with Gasteiger partial charge in [0.05, 0.1) is 0 Å². The zero-order valence-corrected chi connectivity index (χ0v) is 7.25. The molecule has 0 saturated carbocycles. The summed E-state index contributed by atoms with van der Waals surface area (Å²) in [4.78, 5) is 21.9. The number of rotatable bonds is 5. The Morgan fingerprint density at radius 3 is 2.31 bits per heavy atom.